The Hall–Kier alpha value is -1.11. The van der Waals surface area contributed by atoms with Gasteiger partial charge < -0.3 is 0 Å². The molecule has 0 atom stereocenters. The smallest absolute Gasteiger partial charge is 0.237 e. The maximum atomic E-state index is 11.7. The number of rotatable bonds is 3. The number of aromatic nitrogens is 3. The first-order valence-electron chi connectivity index (χ1n) is 5.88. The van der Waals surface area contributed by atoms with Crippen molar-refractivity contribution in [3.8, 4) is 5.82 Å². The highest BCUT2D eigenvalue weighted by Crippen LogP contribution is 2.33. The van der Waals surface area contributed by atoms with Crippen molar-refractivity contribution < 1.29 is 8.42 Å². The van der Waals surface area contributed by atoms with Gasteiger partial charge in [0.1, 0.15) is 4.90 Å². The second-order valence-electron chi connectivity index (χ2n) is 4.70. The first-order chi connectivity index (χ1) is 9.21. The number of nitrogens with zero attached hydrogens (tertiary/aromatic N) is 3. The third-order valence-corrected chi connectivity index (χ3v) is 4.54. The first-order valence-corrected chi connectivity index (χ1v) is 8.56. The third kappa shape index (κ3) is 2.82. The summed E-state index contributed by atoms with van der Waals surface area (Å²) in [5, 5.41) is 4.19. The molecular weight excluding hydrogens is 321 g/mol. The zero-order valence-electron chi connectivity index (χ0n) is 11.1. The topological polar surface area (TPSA) is 64.8 Å². The van der Waals surface area contributed by atoms with Gasteiger partial charge in [-0.3, -0.25) is 0 Å². The van der Waals surface area contributed by atoms with E-state index in [4.69, 9.17) is 22.3 Å². The molecule has 0 aromatic carbocycles. The van der Waals surface area contributed by atoms with Crippen LogP contribution in [-0.2, 0) is 9.05 Å². The fraction of sp³-hybridized carbons (Fsp3) is 0.333. The maximum Gasteiger partial charge on any atom is 0.266 e. The van der Waals surface area contributed by atoms with E-state index in [-0.39, 0.29) is 16.0 Å². The summed E-state index contributed by atoms with van der Waals surface area (Å²) in [6.07, 6.45) is 1.60. The van der Waals surface area contributed by atoms with Gasteiger partial charge in [0.2, 0.25) is 0 Å². The van der Waals surface area contributed by atoms with Gasteiger partial charge in [-0.25, -0.2) is 18.1 Å². The van der Waals surface area contributed by atoms with Gasteiger partial charge in [-0.1, -0.05) is 25.4 Å². The van der Waals surface area contributed by atoms with E-state index in [1.807, 2.05) is 26.8 Å². The fourth-order valence-corrected chi connectivity index (χ4v) is 3.70. The Balaban J connectivity index is 2.75. The van der Waals surface area contributed by atoms with Gasteiger partial charge in [0.05, 0.1) is 5.69 Å². The first kappa shape index (κ1) is 15.3. The Morgan fingerprint density at radius 1 is 1.35 bits per heavy atom. The molecule has 0 N–H and O–H groups in total. The van der Waals surface area contributed by atoms with Crippen LogP contribution >= 0.6 is 22.3 Å². The van der Waals surface area contributed by atoms with E-state index in [0.717, 1.165) is 5.56 Å². The molecule has 0 bridgehead atoms. The van der Waals surface area contributed by atoms with E-state index >= 15 is 0 Å². The van der Waals surface area contributed by atoms with Crippen LogP contribution in [0.15, 0.2) is 23.2 Å². The van der Waals surface area contributed by atoms with Crippen LogP contribution in [0.4, 0.5) is 0 Å². The summed E-state index contributed by atoms with van der Waals surface area (Å²) in [4.78, 5) is 3.99. The number of hydrogen-bond donors (Lipinski definition) is 0. The molecule has 108 valence electrons. The molecule has 5 nitrogen and oxygen atoms in total. The molecule has 0 saturated carbocycles. The van der Waals surface area contributed by atoms with Gasteiger partial charge in [0, 0.05) is 16.9 Å². The summed E-state index contributed by atoms with van der Waals surface area (Å²) in [5.74, 6) is 0.311. The molecule has 20 heavy (non-hydrogen) atoms. The number of hydrogen-bond acceptors (Lipinski definition) is 4. The van der Waals surface area contributed by atoms with Gasteiger partial charge in [0.25, 0.3) is 9.05 Å². The zero-order valence-corrected chi connectivity index (χ0v) is 13.5. The van der Waals surface area contributed by atoms with E-state index in [2.05, 4.69) is 10.1 Å². The average Bonchev–Trinajstić information content (AvgIpc) is 2.66. The lowest BCUT2D eigenvalue weighted by Gasteiger charge is -2.02. The van der Waals surface area contributed by atoms with Crippen LogP contribution in [-0.4, -0.2) is 23.2 Å². The Bertz CT molecular complexity index is 754. The van der Waals surface area contributed by atoms with Crippen molar-refractivity contribution in [2.75, 3.05) is 0 Å². The summed E-state index contributed by atoms with van der Waals surface area (Å²) in [6, 6.07) is 3.58. The van der Waals surface area contributed by atoms with Gasteiger partial charge in [-0.2, -0.15) is 5.10 Å². The summed E-state index contributed by atoms with van der Waals surface area (Å²) in [7, 11) is 1.48. The molecule has 0 radical (unpaired) electrons. The van der Waals surface area contributed by atoms with Crippen LogP contribution < -0.4 is 0 Å². The highest BCUT2D eigenvalue weighted by molar-refractivity contribution is 8.13. The zero-order chi connectivity index (χ0) is 15.1. The average molecular weight is 334 g/mol. The van der Waals surface area contributed by atoms with Crippen molar-refractivity contribution in [1.29, 1.82) is 0 Å². The lowest BCUT2D eigenvalue weighted by atomic mass is 10.1. The Labute approximate surface area is 127 Å². The highest BCUT2D eigenvalue weighted by atomic mass is 35.7. The van der Waals surface area contributed by atoms with Crippen molar-refractivity contribution in [3.05, 3.63) is 34.7 Å². The molecule has 0 unspecified atom stereocenters. The lowest BCUT2D eigenvalue weighted by Crippen LogP contribution is -2.01. The summed E-state index contributed by atoms with van der Waals surface area (Å²) in [6.45, 7) is 5.53. The molecule has 2 rings (SSSR count). The van der Waals surface area contributed by atoms with Crippen LogP contribution in [0.3, 0.4) is 0 Å². The lowest BCUT2D eigenvalue weighted by molar-refractivity contribution is 0.607. The van der Waals surface area contributed by atoms with Crippen molar-refractivity contribution in [3.63, 3.8) is 0 Å². The van der Waals surface area contributed by atoms with Crippen LogP contribution in [0.2, 0.25) is 5.15 Å². The molecule has 0 spiro atoms. The van der Waals surface area contributed by atoms with Crippen LogP contribution in [0.5, 0.6) is 0 Å². The van der Waals surface area contributed by atoms with Crippen LogP contribution in [0.1, 0.15) is 31.0 Å². The Morgan fingerprint density at radius 3 is 2.45 bits per heavy atom. The van der Waals surface area contributed by atoms with E-state index < -0.39 is 9.05 Å². The van der Waals surface area contributed by atoms with Crippen molar-refractivity contribution >= 4 is 31.3 Å². The van der Waals surface area contributed by atoms with Crippen LogP contribution in [0.25, 0.3) is 5.82 Å². The van der Waals surface area contributed by atoms with Crippen LogP contribution in [0, 0.1) is 6.92 Å². The second-order valence-corrected chi connectivity index (χ2v) is 7.56. The standard InChI is InChI=1S/C12H13Cl2N3O2S/c1-7(2)10-11(20(14,18)19)12(13)17(16-10)9-6-8(3)4-5-15-9/h4-7H,1-3H3. The van der Waals surface area contributed by atoms with Gasteiger partial charge in [-0.05, 0) is 30.5 Å². The molecule has 8 heteroatoms. The molecule has 2 heterocycles. The Morgan fingerprint density at radius 2 is 2.00 bits per heavy atom. The quantitative estimate of drug-likeness (QED) is 0.808. The molecule has 2 aromatic rings. The predicted octanol–water partition coefficient (Wildman–Crippen LogP) is 3.28. The summed E-state index contributed by atoms with van der Waals surface area (Å²) >= 11 is 6.14. The minimum Gasteiger partial charge on any atom is -0.237 e. The molecule has 0 amide bonds. The molecule has 0 aliphatic carbocycles. The van der Waals surface area contributed by atoms with Gasteiger partial charge in [-0.15, -0.1) is 0 Å². The van der Waals surface area contributed by atoms with Gasteiger partial charge in [0.15, 0.2) is 11.0 Å². The molecule has 0 aliphatic heterocycles. The minimum absolute atomic E-state index is 0.0539. The summed E-state index contributed by atoms with van der Waals surface area (Å²) in [5.41, 5.74) is 1.29. The third-order valence-electron chi connectivity index (χ3n) is 2.72. The monoisotopic (exact) mass is 333 g/mol. The van der Waals surface area contributed by atoms with Gasteiger partial charge >= 0.3 is 0 Å². The van der Waals surface area contributed by atoms with E-state index in [0.29, 0.717) is 11.5 Å². The Kier molecular flexibility index (Phi) is 4.09. The van der Waals surface area contributed by atoms with E-state index in [9.17, 15) is 8.42 Å². The molecule has 0 aliphatic rings. The number of aryl methyl sites for hydroxylation is 1. The van der Waals surface area contributed by atoms with E-state index in [1.54, 1.807) is 12.3 Å². The minimum atomic E-state index is -3.98. The molecule has 2 aromatic heterocycles. The highest BCUT2D eigenvalue weighted by Gasteiger charge is 2.28. The predicted molar refractivity (Wildman–Crippen MR) is 78.2 cm³/mol. The van der Waals surface area contributed by atoms with Crippen molar-refractivity contribution in [2.45, 2.75) is 31.6 Å². The maximum absolute atomic E-state index is 11.7. The fourth-order valence-electron chi connectivity index (χ4n) is 1.79. The SMILES string of the molecule is Cc1ccnc(-n2nc(C(C)C)c(S(=O)(=O)Cl)c2Cl)c1. The molecule has 0 fully saturated rings. The summed E-state index contributed by atoms with van der Waals surface area (Å²) < 4.78 is 24.7. The molecular formula is C12H13Cl2N3O2S. The van der Waals surface area contributed by atoms with Crippen molar-refractivity contribution in [2.24, 2.45) is 0 Å². The van der Waals surface area contributed by atoms with E-state index in [1.165, 1.54) is 4.68 Å². The number of halogens is 2. The molecule has 0 saturated heterocycles. The largest absolute Gasteiger partial charge is 0.266 e. The van der Waals surface area contributed by atoms with Crippen molar-refractivity contribution in [1.82, 2.24) is 14.8 Å². The normalized spacial score (nSPS) is 12.1. The second kappa shape index (κ2) is 5.35. The number of pyridine rings is 1.